The Morgan fingerprint density at radius 1 is 1.37 bits per heavy atom. The maximum atomic E-state index is 14.0. The van der Waals surface area contributed by atoms with E-state index < -0.39 is 11.5 Å². The van der Waals surface area contributed by atoms with Crippen LogP contribution < -0.4 is 5.06 Å². The molecule has 4 fully saturated rings. The van der Waals surface area contributed by atoms with Crippen molar-refractivity contribution in [2.75, 3.05) is 32.4 Å². The van der Waals surface area contributed by atoms with E-state index >= 15 is 0 Å². The Bertz CT molecular complexity index is 843. The highest BCUT2D eigenvalue weighted by atomic mass is 16.7. The number of aliphatic hydroxyl groups excluding tert-OH is 1. The van der Waals surface area contributed by atoms with Gasteiger partial charge in [-0.25, -0.2) is 0 Å². The van der Waals surface area contributed by atoms with Crippen LogP contribution in [0.15, 0.2) is 24.3 Å². The van der Waals surface area contributed by atoms with Crippen LogP contribution in [-0.4, -0.2) is 61.5 Å². The number of anilines is 1. The van der Waals surface area contributed by atoms with Crippen LogP contribution in [0.3, 0.4) is 0 Å². The number of nitrogens with zero attached hydrogens (tertiary/aromatic N) is 2. The fraction of sp³-hybridized carbons (Fsp3) is 0.667. The molecule has 1 aromatic carbocycles. The van der Waals surface area contributed by atoms with Gasteiger partial charge in [0.05, 0.1) is 31.6 Å². The zero-order chi connectivity index (χ0) is 18.7. The first kappa shape index (κ1) is 16.5. The quantitative estimate of drug-likeness (QED) is 0.847. The molecule has 3 aliphatic heterocycles. The van der Waals surface area contributed by atoms with E-state index in [1.165, 1.54) is 5.06 Å². The summed E-state index contributed by atoms with van der Waals surface area (Å²) in [6.45, 7) is 3.45. The number of aliphatic hydroxyl groups is 1. The zero-order valence-corrected chi connectivity index (χ0v) is 16.0. The number of likely N-dealkylation sites (tertiary alicyclic amines) is 1. The molecule has 3 heterocycles. The lowest BCUT2D eigenvalue weighted by atomic mass is 9.50. The van der Waals surface area contributed by atoms with Crippen molar-refractivity contribution in [2.45, 2.75) is 37.0 Å². The van der Waals surface area contributed by atoms with Crippen molar-refractivity contribution in [1.82, 2.24) is 4.90 Å². The van der Waals surface area contributed by atoms with E-state index in [0.717, 1.165) is 24.2 Å². The van der Waals surface area contributed by atoms with Crippen molar-refractivity contribution >= 4 is 11.6 Å². The zero-order valence-electron chi connectivity index (χ0n) is 16.0. The van der Waals surface area contributed by atoms with E-state index in [-0.39, 0.29) is 29.4 Å². The molecular formula is C21H26N2O4. The predicted octanol–water partition coefficient (Wildman–Crippen LogP) is 1.18. The third-order valence-corrected chi connectivity index (χ3v) is 8.62. The summed E-state index contributed by atoms with van der Waals surface area (Å²) in [6, 6.07) is 8.23. The van der Waals surface area contributed by atoms with Crippen LogP contribution in [0.25, 0.3) is 0 Å². The number of hydrogen-bond acceptors (Lipinski definition) is 5. The molecular weight excluding hydrogens is 344 g/mol. The number of benzene rings is 1. The molecule has 1 amide bonds. The lowest BCUT2D eigenvalue weighted by Gasteiger charge is -2.56. The molecule has 2 saturated heterocycles. The van der Waals surface area contributed by atoms with Gasteiger partial charge in [-0.1, -0.05) is 18.2 Å². The van der Waals surface area contributed by atoms with E-state index in [1.807, 2.05) is 25.1 Å². The number of para-hydroxylation sites is 1. The minimum atomic E-state index is -0.777. The van der Waals surface area contributed by atoms with Gasteiger partial charge in [-0.2, -0.15) is 5.06 Å². The van der Waals surface area contributed by atoms with Crippen LogP contribution in [0, 0.1) is 23.2 Å². The maximum Gasteiger partial charge on any atom is 0.264 e. The van der Waals surface area contributed by atoms with Crippen molar-refractivity contribution in [3.8, 4) is 0 Å². The largest absolute Gasteiger partial charge is 0.393 e. The summed E-state index contributed by atoms with van der Waals surface area (Å²) in [4.78, 5) is 21.9. The van der Waals surface area contributed by atoms with Crippen molar-refractivity contribution in [3.05, 3.63) is 29.8 Å². The molecule has 6 rings (SSSR count). The Hall–Kier alpha value is -1.47. The highest BCUT2D eigenvalue weighted by Crippen LogP contribution is 2.74. The number of ether oxygens (including phenoxy) is 1. The Kier molecular flexibility index (Phi) is 3.00. The number of fused-ring (bicyclic) bond motifs is 5. The van der Waals surface area contributed by atoms with Crippen LogP contribution in [-0.2, 0) is 19.8 Å². The van der Waals surface area contributed by atoms with Gasteiger partial charge in [0.2, 0.25) is 0 Å². The summed E-state index contributed by atoms with van der Waals surface area (Å²) < 4.78 is 6.37. The standard InChI is InChI=1S/C21H26N2O4/c1-11(24)20-10-22(2)17-12-9-27-16(8-14(12)20)21(18(17)20)13-6-4-5-7-15(13)23(26-3)19(21)25/h4-7,11-12,14,16-18,24H,8-10H2,1-3H3/t11-,12-,14+,16-,17+,18-,20+,21-/m1/s1. The van der Waals surface area contributed by atoms with Gasteiger partial charge in [0.25, 0.3) is 5.91 Å². The molecule has 0 aromatic heterocycles. The highest BCUT2D eigenvalue weighted by molar-refractivity contribution is 6.08. The van der Waals surface area contributed by atoms with Gasteiger partial charge in [-0.05, 0) is 37.9 Å². The molecule has 5 aliphatic rings. The van der Waals surface area contributed by atoms with Crippen LogP contribution >= 0.6 is 0 Å². The van der Waals surface area contributed by atoms with E-state index in [9.17, 15) is 9.90 Å². The number of hydrogen-bond donors (Lipinski definition) is 1. The van der Waals surface area contributed by atoms with Gasteiger partial charge < -0.3 is 14.7 Å². The average Bonchev–Trinajstić information content (AvgIpc) is 3.14. The normalized spacial score (nSPS) is 47.9. The predicted molar refractivity (Wildman–Crippen MR) is 98.0 cm³/mol. The second-order valence-electron chi connectivity index (χ2n) is 9.17. The Morgan fingerprint density at radius 2 is 2.15 bits per heavy atom. The topological polar surface area (TPSA) is 62.2 Å². The Balaban J connectivity index is 1.67. The van der Waals surface area contributed by atoms with E-state index in [1.54, 1.807) is 7.11 Å². The number of carbonyl (C=O) groups excluding carboxylic acids is 1. The SMILES string of the molecule is CON1C(=O)[C@]2(c3ccccc31)[C@H]1C[C@H]3[C@@H](CO1)[C@H]1[C@@H]2[C@]3([C@@H](C)O)CN1C. The molecule has 8 atom stereocenters. The molecule has 0 unspecified atom stereocenters. The second-order valence-corrected chi connectivity index (χ2v) is 9.17. The van der Waals surface area contributed by atoms with Crippen LogP contribution in [0.4, 0.5) is 5.69 Å². The molecule has 1 spiro atoms. The molecule has 2 saturated carbocycles. The molecule has 6 heteroatoms. The number of piperidine rings is 1. The number of hydroxylamine groups is 1. The van der Waals surface area contributed by atoms with Crippen molar-refractivity contribution in [3.63, 3.8) is 0 Å². The summed E-state index contributed by atoms with van der Waals surface area (Å²) >= 11 is 0. The van der Waals surface area contributed by atoms with E-state index in [2.05, 4.69) is 18.0 Å². The third-order valence-electron chi connectivity index (χ3n) is 8.62. The minimum Gasteiger partial charge on any atom is -0.393 e. The van der Waals surface area contributed by atoms with Crippen molar-refractivity contribution < 1.29 is 19.5 Å². The van der Waals surface area contributed by atoms with Gasteiger partial charge >= 0.3 is 0 Å². The Labute approximate surface area is 159 Å². The number of carbonyl (C=O) groups is 1. The molecule has 144 valence electrons. The first-order valence-corrected chi connectivity index (χ1v) is 9.97. The molecule has 5 bridgehead atoms. The fourth-order valence-electron chi connectivity index (χ4n) is 8.00. The van der Waals surface area contributed by atoms with Gasteiger partial charge in [0.1, 0.15) is 5.41 Å². The second kappa shape index (κ2) is 4.92. The van der Waals surface area contributed by atoms with E-state index in [4.69, 9.17) is 9.57 Å². The summed E-state index contributed by atoms with van der Waals surface area (Å²) in [7, 11) is 3.70. The first-order valence-electron chi connectivity index (χ1n) is 9.97. The molecule has 0 radical (unpaired) electrons. The summed E-state index contributed by atoms with van der Waals surface area (Å²) in [6.07, 6.45) is 0.229. The summed E-state index contributed by atoms with van der Waals surface area (Å²) in [5.41, 5.74) is 0.792. The van der Waals surface area contributed by atoms with Crippen LogP contribution in [0.1, 0.15) is 18.9 Å². The number of amides is 1. The Morgan fingerprint density at radius 3 is 2.89 bits per heavy atom. The average molecular weight is 370 g/mol. The van der Waals surface area contributed by atoms with Gasteiger partial charge in [-0.3, -0.25) is 9.63 Å². The lowest BCUT2D eigenvalue weighted by Crippen LogP contribution is -2.65. The monoisotopic (exact) mass is 370 g/mol. The maximum absolute atomic E-state index is 14.0. The molecule has 6 nitrogen and oxygen atoms in total. The van der Waals surface area contributed by atoms with Crippen LogP contribution in [0.5, 0.6) is 0 Å². The first-order chi connectivity index (χ1) is 13.0. The van der Waals surface area contributed by atoms with Crippen LogP contribution in [0.2, 0.25) is 0 Å². The highest BCUT2D eigenvalue weighted by Gasteiger charge is 2.82. The van der Waals surface area contributed by atoms with Crippen molar-refractivity contribution in [1.29, 1.82) is 0 Å². The van der Waals surface area contributed by atoms with E-state index in [0.29, 0.717) is 18.4 Å². The molecule has 2 aliphatic carbocycles. The van der Waals surface area contributed by atoms with Gasteiger partial charge in [0.15, 0.2) is 0 Å². The summed E-state index contributed by atoms with van der Waals surface area (Å²) in [5.74, 6) is 0.827. The fourth-order valence-corrected chi connectivity index (χ4v) is 8.00. The third kappa shape index (κ3) is 1.49. The molecule has 1 N–H and O–H groups in total. The smallest absolute Gasteiger partial charge is 0.264 e. The van der Waals surface area contributed by atoms with Crippen molar-refractivity contribution in [2.24, 2.45) is 23.2 Å². The number of rotatable bonds is 2. The summed E-state index contributed by atoms with van der Waals surface area (Å²) in [5, 5.41) is 12.5. The van der Waals surface area contributed by atoms with Gasteiger partial charge in [-0.15, -0.1) is 0 Å². The molecule has 1 aromatic rings. The molecule has 27 heavy (non-hydrogen) atoms. The van der Waals surface area contributed by atoms with Gasteiger partial charge in [0, 0.05) is 29.8 Å². The lowest BCUT2D eigenvalue weighted by molar-refractivity contribution is -0.182. The minimum absolute atomic E-state index is 0.0208.